The summed E-state index contributed by atoms with van der Waals surface area (Å²) in [6, 6.07) is 8.59. The molecule has 0 spiro atoms. The van der Waals surface area contributed by atoms with Crippen molar-refractivity contribution in [3.63, 3.8) is 0 Å². The van der Waals surface area contributed by atoms with Crippen LogP contribution in [0.15, 0.2) is 84.8 Å². The number of hydrogen-bond donors (Lipinski definition) is 0. The van der Waals surface area contributed by atoms with Gasteiger partial charge in [0.1, 0.15) is 0 Å². The number of benzene rings is 1. The summed E-state index contributed by atoms with van der Waals surface area (Å²) < 4.78 is 0. The lowest BCUT2D eigenvalue weighted by atomic mass is 10.1. The van der Waals surface area contributed by atoms with E-state index in [1.165, 1.54) is 11.3 Å². The highest BCUT2D eigenvalue weighted by molar-refractivity contribution is 5.63. The molecular formula is C21H27N. The van der Waals surface area contributed by atoms with Crippen molar-refractivity contribution >= 4 is 5.69 Å². The van der Waals surface area contributed by atoms with E-state index in [4.69, 9.17) is 0 Å². The quantitative estimate of drug-likeness (QED) is 0.532. The van der Waals surface area contributed by atoms with Gasteiger partial charge in [-0.05, 0) is 57.6 Å². The molecular weight excluding hydrogens is 266 g/mol. The van der Waals surface area contributed by atoms with Crippen LogP contribution >= 0.6 is 0 Å². The molecule has 0 atom stereocenters. The molecule has 0 saturated heterocycles. The lowest BCUT2D eigenvalue weighted by Crippen LogP contribution is -2.20. The molecule has 0 unspecified atom stereocenters. The molecule has 0 heterocycles. The summed E-state index contributed by atoms with van der Waals surface area (Å²) in [5.41, 5.74) is 4.67. The first-order valence-electron chi connectivity index (χ1n) is 7.83. The Morgan fingerprint density at radius 3 is 2.14 bits per heavy atom. The Labute approximate surface area is 135 Å². The number of nitrogens with zero attached hydrogens (tertiary/aromatic N) is 1. The molecule has 116 valence electrons. The molecule has 0 N–H and O–H groups in total. The Bertz CT molecular complexity index is 583. The zero-order chi connectivity index (χ0) is 16.4. The Hall–Kier alpha value is -2.28. The molecule has 1 aromatic carbocycles. The van der Waals surface area contributed by atoms with Crippen molar-refractivity contribution in [3.8, 4) is 0 Å². The molecule has 0 aliphatic rings. The monoisotopic (exact) mass is 293 g/mol. The van der Waals surface area contributed by atoms with Crippen LogP contribution in [0.1, 0.15) is 32.8 Å². The highest BCUT2D eigenvalue weighted by atomic mass is 15.1. The van der Waals surface area contributed by atoms with E-state index in [1.807, 2.05) is 26.0 Å². The van der Waals surface area contributed by atoms with Crippen LogP contribution in [0.4, 0.5) is 5.69 Å². The minimum atomic E-state index is 0.985. The molecule has 0 radical (unpaired) electrons. The second-order valence-corrected chi connectivity index (χ2v) is 5.04. The van der Waals surface area contributed by atoms with Gasteiger partial charge in [0, 0.05) is 17.1 Å². The maximum atomic E-state index is 3.85. The number of allylic oxidation sites excluding steroid dienone is 7. The highest BCUT2D eigenvalue weighted by Gasteiger charge is 2.12. The van der Waals surface area contributed by atoms with Crippen molar-refractivity contribution in [2.45, 2.75) is 34.1 Å². The predicted octanol–water partition coefficient (Wildman–Crippen LogP) is 6.32. The first-order valence-corrected chi connectivity index (χ1v) is 7.83. The van der Waals surface area contributed by atoms with Crippen molar-refractivity contribution in [1.82, 2.24) is 0 Å². The molecule has 1 nitrogen and oxygen atoms in total. The van der Waals surface area contributed by atoms with E-state index < -0.39 is 0 Å². The van der Waals surface area contributed by atoms with Gasteiger partial charge in [-0.2, -0.15) is 0 Å². The summed E-state index contributed by atoms with van der Waals surface area (Å²) >= 11 is 0. The van der Waals surface area contributed by atoms with Gasteiger partial charge in [0.05, 0.1) is 0 Å². The van der Waals surface area contributed by atoms with Crippen LogP contribution in [0.5, 0.6) is 0 Å². The summed E-state index contributed by atoms with van der Waals surface area (Å²) in [5.74, 6) is 0. The maximum Gasteiger partial charge on any atom is 0.0461 e. The smallest absolute Gasteiger partial charge is 0.0461 e. The maximum absolute atomic E-state index is 3.85. The molecule has 1 aromatic rings. The number of hydrogen-bond acceptors (Lipinski definition) is 1. The third-order valence-electron chi connectivity index (χ3n) is 3.19. The van der Waals surface area contributed by atoms with Crippen molar-refractivity contribution in [1.29, 1.82) is 0 Å². The molecule has 0 saturated carbocycles. The number of anilines is 1. The molecule has 22 heavy (non-hydrogen) atoms. The molecule has 0 aliphatic carbocycles. The third-order valence-corrected chi connectivity index (χ3v) is 3.19. The van der Waals surface area contributed by atoms with Crippen molar-refractivity contribution < 1.29 is 0 Å². The van der Waals surface area contributed by atoms with Gasteiger partial charge < -0.3 is 4.90 Å². The van der Waals surface area contributed by atoms with Crippen LogP contribution in [0, 0.1) is 6.92 Å². The van der Waals surface area contributed by atoms with E-state index in [1.54, 1.807) is 0 Å². The summed E-state index contributed by atoms with van der Waals surface area (Å²) in [4.78, 5) is 2.25. The van der Waals surface area contributed by atoms with Gasteiger partial charge in [0.15, 0.2) is 0 Å². The fourth-order valence-electron chi connectivity index (χ4n) is 2.25. The first kappa shape index (κ1) is 17.8. The van der Waals surface area contributed by atoms with E-state index in [2.05, 4.69) is 80.0 Å². The molecule has 0 amide bonds. The van der Waals surface area contributed by atoms with Crippen LogP contribution in [0.3, 0.4) is 0 Å². The Morgan fingerprint density at radius 1 is 1.05 bits per heavy atom. The second kappa shape index (κ2) is 9.62. The molecule has 1 heteroatoms. The van der Waals surface area contributed by atoms with E-state index in [-0.39, 0.29) is 0 Å². The summed E-state index contributed by atoms with van der Waals surface area (Å²) in [5, 5.41) is 0. The van der Waals surface area contributed by atoms with E-state index in [0.29, 0.717) is 0 Å². The normalized spacial score (nSPS) is 13.1. The van der Waals surface area contributed by atoms with Crippen molar-refractivity contribution in [2.24, 2.45) is 0 Å². The van der Waals surface area contributed by atoms with Gasteiger partial charge in [-0.15, -0.1) is 0 Å². The summed E-state index contributed by atoms with van der Waals surface area (Å²) in [6.45, 7) is 12.2. The number of aryl methyl sites for hydroxylation is 1. The first-order chi connectivity index (χ1) is 10.7. The number of rotatable bonds is 7. The van der Waals surface area contributed by atoms with E-state index in [0.717, 1.165) is 17.8 Å². The predicted molar refractivity (Wildman–Crippen MR) is 99.9 cm³/mol. The van der Waals surface area contributed by atoms with Gasteiger partial charge in [-0.3, -0.25) is 0 Å². The minimum Gasteiger partial charge on any atom is -0.311 e. The van der Waals surface area contributed by atoms with Gasteiger partial charge in [-0.25, -0.2) is 0 Å². The van der Waals surface area contributed by atoms with Crippen LogP contribution in [-0.2, 0) is 0 Å². The van der Waals surface area contributed by atoms with Crippen molar-refractivity contribution in [2.75, 3.05) is 4.90 Å². The average molecular weight is 293 g/mol. The van der Waals surface area contributed by atoms with E-state index >= 15 is 0 Å². The summed E-state index contributed by atoms with van der Waals surface area (Å²) in [7, 11) is 0. The standard InChI is InChI=1S/C21H27N/c1-6-10-19(11-7-2)22(20(12-8-3)13-9-4)21-16-14-18(5)15-17-21/h6-8,10-17H,1,9H2,2-5H3/b11-7-,12-8-,19-10+,20-13+. The third kappa shape index (κ3) is 4.92. The largest absolute Gasteiger partial charge is 0.311 e. The second-order valence-electron chi connectivity index (χ2n) is 5.04. The summed E-state index contributed by atoms with van der Waals surface area (Å²) in [6.07, 6.45) is 15.5. The minimum absolute atomic E-state index is 0.985. The topological polar surface area (TPSA) is 3.24 Å². The molecule has 0 bridgehead atoms. The fourth-order valence-corrected chi connectivity index (χ4v) is 2.25. The van der Waals surface area contributed by atoms with Crippen LogP contribution in [0.2, 0.25) is 0 Å². The van der Waals surface area contributed by atoms with Gasteiger partial charge in [0.25, 0.3) is 0 Å². The highest BCUT2D eigenvalue weighted by Crippen LogP contribution is 2.27. The zero-order valence-corrected chi connectivity index (χ0v) is 14.2. The SMILES string of the molecule is C=C/C=C(\C=C/C)N(C(/C=C\C)=C/CC)c1ccc(C)cc1. The molecule has 1 rings (SSSR count). The Kier molecular flexibility index (Phi) is 7.77. The molecule has 0 fully saturated rings. The molecule has 0 aromatic heterocycles. The van der Waals surface area contributed by atoms with Crippen LogP contribution in [0.25, 0.3) is 0 Å². The lowest BCUT2D eigenvalue weighted by molar-refractivity contribution is 1.09. The van der Waals surface area contributed by atoms with Gasteiger partial charge in [0.2, 0.25) is 0 Å². The zero-order valence-electron chi connectivity index (χ0n) is 14.2. The average Bonchev–Trinajstić information content (AvgIpc) is 2.50. The Morgan fingerprint density at radius 2 is 1.64 bits per heavy atom. The van der Waals surface area contributed by atoms with Crippen LogP contribution < -0.4 is 4.90 Å². The fraction of sp³-hybridized carbons (Fsp3) is 0.238. The Balaban J connectivity index is 3.48. The van der Waals surface area contributed by atoms with Gasteiger partial charge in [-0.1, -0.05) is 55.5 Å². The van der Waals surface area contributed by atoms with Gasteiger partial charge >= 0.3 is 0 Å². The van der Waals surface area contributed by atoms with Crippen molar-refractivity contribution in [3.05, 3.63) is 90.3 Å². The molecule has 0 aliphatic heterocycles. The lowest BCUT2D eigenvalue weighted by Gasteiger charge is -2.27. The van der Waals surface area contributed by atoms with Crippen LogP contribution in [-0.4, -0.2) is 0 Å². The van der Waals surface area contributed by atoms with E-state index in [9.17, 15) is 0 Å².